The predicted octanol–water partition coefficient (Wildman–Crippen LogP) is 1.73. The summed E-state index contributed by atoms with van der Waals surface area (Å²) in [5.74, 6) is -0.648. The molecule has 0 aliphatic rings. The molecule has 1 amide bonds. The quantitative estimate of drug-likeness (QED) is 0.776. The van der Waals surface area contributed by atoms with Crippen molar-refractivity contribution in [2.75, 3.05) is 6.54 Å². The average Bonchev–Trinajstić information content (AvgIpc) is 2.69. The van der Waals surface area contributed by atoms with E-state index in [-0.39, 0.29) is 18.3 Å². The highest BCUT2D eigenvalue weighted by atomic mass is 19.1. The van der Waals surface area contributed by atoms with Gasteiger partial charge in [0.1, 0.15) is 11.5 Å². The average molecular weight is 250 g/mol. The van der Waals surface area contributed by atoms with Crippen LogP contribution >= 0.6 is 0 Å². The van der Waals surface area contributed by atoms with Crippen molar-refractivity contribution in [3.63, 3.8) is 0 Å². The Labute approximate surface area is 104 Å². The van der Waals surface area contributed by atoms with E-state index >= 15 is 0 Å². The van der Waals surface area contributed by atoms with E-state index in [1.165, 1.54) is 12.1 Å². The third-order valence-corrected chi connectivity index (χ3v) is 2.71. The number of aromatic amines is 1. The van der Waals surface area contributed by atoms with Crippen LogP contribution < -0.4 is 5.32 Å². The van der Waals surface area contributed by atoms with Crippen LogP contribution in [0.1, 0.15) is 23.0 Å². The molecule has 0 saturated heterocycles. The van der Waals surface area contributed by atoms with E-state index in [2.05, 4.69) is 10.3 Å². The lowest BCUT2D eigenvalue weighted by Gasteiger charge is -2.05. The zero-order valence-corrected chi connectivity index (χ0v) is 10.2. The van der Waals surface area contributed by atoms with E-state index in [9.17, 15) is 9.18 Å². The standard InChI is InChI=1S/C13H15FN2O2/c1-7-3-9(14)4-11-10(7)5-12(16-11)13(18)15-6-8(2)17/h3-5,8,16-17H,6H2,1-2H3,(H,15,18). The van der Waals surface area contributed by atoms with E-state index in [0.717, 1.165) is 10.9 Å². The molecular weight excluding hydrogens is 235 g/mol. The van der Waals surface area contributed by atoms with Gasteiger partial charge in [0, 0.05) is 17.4 Å². The van der Waals surface area contributed by atoms with Gasteiger partial charge in [-0.1, -0.05) is 0 Å². The van der Waals surface area contributed by atoms with Gasteiger partial charge in [-0.15, -0.1) is 0 Å². The van der Waals surface area contributed by atoms with Gasteiger partial charge in [0.2, 0.25) is 0 Å². The van der Waals surface area contributed by atoms with Crippen molar-refractivity contribution >= 4 is 16.8 Å². The summed E-state index contributed by atoms with van der Waals surface area (Å²) < 4.78 is 13.2. The maximum atomic E-state index is 13.2. The van der Waals surface area contributed by atoms with Crippen molar-refractivity contribution in [3.8, 4) is 0 Å². The Kier molecular flexibility index (Phi) is 3.34. The Balaban J connectivity index is 2.30. The molecule has 1 unspecified atom stereocenters. The number of carbonyl (C=O) groups excluding carboxylic acids is 1. The van der Waals surface area contributed by atoms with Gasteiger partial charge in [-0.25, -0.2) is 4.39 Å². The Morgan fingerprint density at radius 1 is 1.50 bits per heavy atom. The summed E-state index contributed by atoms with van der Waals surface area (Å²) in [6.45, 7) is 3.56. The smallest absolute Gasteiger partial charge is 0.267 e. The normalized spacial score (nSPS) is 12.7. The lowest BCUT2D eigenvalue weighted by Crippen LogP contribution is -2.30. The van der Waals surface area contributed by atoms with Crippen molar-refractivity contribution < 1.29 is 14.3 Å². The van der Waals surface area contributed by atoms with E-state index in [0.29, 0.717) is 11.2 Å². The van der Waals surface area contributed by atoms with Crippen LogP contribution in [0.2, 0.25) is 0 Å². The van der Waals surface area contributed by atoms with Crippen molar-refractivity contribution in [1.29, 1.82) is 0 Å². The summed E-state index contributed by atoms with van der Waals surface area (Å²) in [5, 5.41) is 12.5. The third-order valence-electron chi connectivity index (χ3n) is 2.71. The first-order valence-electron chi connectivity index (χ1n) is 5.72. The number of H-pyrrole nitrogens is 1. The number of aryl methyl sites for hydroxylation is 1. The molecule has 0 radical (unpaired) electrons. The Morgan fingerprint density at radius 3 is 2.89 bits per heavy atom. The number of halogens is 1. The number of amides is 1. The largest absolute Gasteiger partial charge is 0.392 e. The summed E-state index contributed by atoms with van der Waals surface area (Å²) in [6, 6.07) is 4.46. The number of hydrogen-bond acceptors (Lipinski definition) is 2. The highest BCUT2D eigenvalue weighted by Gasteiger charge is 2.11. The number of benzene rings is 1. The Morgan fingerprint density at radius 2 is 2.22 bits per heavy atom. The Bertz CT molecular complexity index is 590. The second kappa shape index (κ2) is 4.78. The first-order valence-corrected chi connectivity index (χ1v) is 5.72. The molecule has 1 aromatic heterocycles. The molecule has 0 spiro atoms. The summed E-state index contributed by atoms with van der Waals surface area (Å²) in [7, 11) is 0. The van der Waals surface area contributed by atoms with E-state index < -0.39 is 6.10 Å². The van der Waals surface area contributed by atoms with Crippen molar-refractivity contribution in [2.45, 2.75) is 20.0 Å². The maximum absolute atomic E-state index is 13.2. The van der Waals surface area contributed by atoms with E-state index in [4.69, 9.17) is 5.11 Å². The molecule has 1 heterocycles. The van der Waals surface area contributed by atoms with Crippen LogP contribution in [0.3, 0.4) is 0 Å². The summed E-state index contributed by atoms with van der Waals surface area (Å²) in [4.78, 5) is 14.6. The molecule has 3 N–H and O–H groups in total. The lowest BCUT2D eigenvalue weighted by molar-refractivity contribution is 0.0920. The second-order valence-corrected chi connectivity index (χ2v) is 4.43. The fourth-order valence-electron chi connectivity index (χ4n) is 1.83. The minimum atomic E-state index is -0.600. The molecule has 0 bridgehead atoms. The lowest BCUT2D eigenvalue weighted by atomic mass is 10.1. The van der Waals surface area contributed by atoms with Crippen LogP contribution in [0.4, 0.5) is 4.39 Å². The van der Waals surface area contributed by atoms with Gasteiger partial charge in [0.25, 0.3) is 5.91 Å². The van der Waals surface area contributed by atoms with Gasteiger partial charge in [-0.2, -0.15) is 0 Å². The van der Waals surface area contributed by atoms with Crippen LogP contribution in [0.25, 0.3) is 10.9 Å². The molecule has 0 aliphatic heterocycles. The molecule has 96 valence electrons. The van der Waals surface area contributed by atoms with Crippen LogP contribution in [0.15, 0.2) is 18.2 Å². The summed E-state index contributed by atoms with van der Waals surface area (Å²) >= 11 is 0. The summed E-state index contributed by atoms with van der Waals surface area (Å²) in [5.41, 5.74) is 1.73. The van der Waals surface area contributed by atoms with Crippen LogP contribution in [-0.2, 0) is 0 Å². The van der Waals surface area contributed by atoms with Crippen LogP contribution in [0, 0.1) is 12.7 Å². The van der Waals surface area contributed by atoms with Gasteiger partial charge in [-0.05, 0) is 37.6 Å². The van der Waals surface area contributed by atoms with Gasteiger partial charge >= 0.3 is 0 Å². The molecule has 4 nitrogen and oxygen atoms in total. The SMILES string of the molecule is Cc1cc(F)cc2[nH]c(C(=O)NCC(C)O)cc12. The molecule has 2 aromatic rings. The molecule has 1 atom stereocenters. The molecule has 0 aliphatic carbocycles. The summed E-state index contributed by atoms with van der Waals surface area (Å²) in [6.07, 6.45) is -0.600. The molecular formula is C13H15FN2O2. The van der Waals surface area contributed by atoms with Crippen molar-refractivity contribution in [3.05, 3.63) is 35.3 Å². The minimum Gasteiger partial charge on any atom is -0.392 e. The molecule has 2 rings (SSSR count). The molecule has 5 heteroatoms. The number of fused-ring (bicyclic) bond motifs is 1. The topological polar surface area (TPSA) is 65.1 Å². The fraction of sp³-hybridized carbons (Fsp3) is 0.308. The minimum absolute atomic E-state index is 0.182. The first kappa shape index (κ1) is 12.6. The number of rotatable bonds is 3. The molecule has 1 aromatic carbocycles. The number of aromatic nitrogens is 1. The third kappa shape index (κ3) is 2.51. The van der Waals surface area contributed by atoms with Crippen LogP contribution in [-0.4, -0.2) is 28.6 Å². The Hall–Kier alpha value is -1.88. The monoisotopic (exact) mass is 250 g/mol. The number of hydrogen-bond donors (Lipinski definition) is 3. The fourth-order valence-corrected chi connectivity index (χ4v) is 1.83. The number of carbonyl (C=O) groups is 1. The van der Waals surface area contributed by atoms with Crippen molar-refractivity contribution in [1.82, 2.24) is 10.3 Å². The van der Waals surface area contributed by atoms with Gasteiger partial charge < -0.3 is 15.4 Å². The van der Waals surface area contributed by atoms with E-state index in [1.54, 1.807) is 19.9 Å². The molecule has 0 fully saturated rings. The maximum Gasteiger partial charge on any atom is 0.267 e. The van der Waals surface area contributed by atoms with E-state index in [1.807, 2.05) is 0 Å². The highest BCUT2D eigenvalue weighted by Crippen LogP contribution is 2.21. The zero-order chi connectivity index (χ0) is 13.3. The first-order chi connectivity index (χ1) is 8.47. The van der Waals surface area contributed by atoms with Gasteiger partial charge in [0.15, 0.2) is 0 Å². The number of aliphatic hydroxyl groups excluding tert-OH is 1. The molecule has 0 saturated carbocycles. The molecule has 18 heavy (non-hydrogen) atoms. The highest BCUT2D eigenvalue weighted by molar-refractivity contribution is 5.98. The van der Waals surface area contributed by atoms with Crippen LogP contribution in [0.5, 0.6) is 0 Å². The number of aliphatic hydroxyl groups is 1. The van der Waals surface area contributed by atoms with Crippen molar-refractivity contribution in [2.24, 2.45) is 0 Å². The van der Waals surface area contributed by atoms with Gasteiger partial charge in [-0.3, -0.25) is 4.79 Å². The number of nitrogens with one attached hydrogen (secondary N) is 2. The predicted molar refractivity (Wildman–Crippen MR) is 67.0 cm³/mol. The van der Waals surface area contributed by atoms with Gasteiger partial charge in [0.05, 0.1) is 6.10 Å². The zero-order valence-electron chi connectivity index (χ0n) is 10.2. The second-order valence-electron chi connectivity index (χ2n) is 4.43.